The van der Waals surface area contributed by atoms with Gasteiger partial charge in [0.1, 0.15) is 25.1 Å². The normalized spacial score (nSPS) is 13.0. The number of hydrogen-bond donors (Lipinski definition) is 2. The van der Waals surface area contributed by atoms with Gasteiger partial charge in [-0.1, -0.05) is 20.3 Å². The molecule has 0 bridgehead atoms. The van der Waals surface area contributed by atoms with Crippen molar-refractivity contribution in [1.29, 1.82) is 0 Å². The molecule has 1 unspecified atom stereocenters. The van der Waals surface area contributed by atoms with Crippen LogP contribution in [0.2, 0.25) is 0 Å². The van der Waals surface area contributed by atoms with Gasteiger partial charge in [0, 0.05) is 6.54 Å². The first-order chi connectivity index (χ1) is 11.9. The largest absolute Gasteiger partial charge is 0.462 e. The van der Waals surface area contributed by atoms with Gasteiger partial charge >= 0.3 is 5.97 Å². The first-order valence-corrected chi connectivity index (χ1v) is 9.50. The molecule has 6 heteroatoms. The van der Waals surface area contributed by atoms with E-state index in [0.29, 0.717) is 6.54 Å². The predicted molar refractivity (Wildman–Crippen MR) is 98.1 cm³/mol. The van der Waals surface area contributed by atoms with Crippen LogP contribution in [0.5, 0.6) is 0 Å². The number of carbonyl (C=O) groups excluding carboxylic acids is 1. The topological polar surface area (TPSA) is 67.4 Å². The van der Waals surface area contributed by atoms with Crippen LogP contribution in [-0.4, -0.2) is 41.4 Å². The number of hydrogen-bond acceptors (Lipinski definition) is 4. The van der Waals surface area contributed by atoms with Crippen LogP contribution in [0.25, 0.3) is 0 Å². The lowest BCUT2D eigenvalue weighted by atomic mass is 9.91. The zero-order chi connectivity index (χ0) is 18.7. The van der Waals surface area contributed by atoms with Crippen molar-refractivity contribution < 1.29 is 19.2 Å². The van der Waals surface area contributed by atoms with E-state index >= 15 is 0 Å². The lowest BCUT2D eigenvalue weighted by Crippen LogP contribution is -2.36. The van der Waals surface area contributed by atoms with E-state index in [4.69, 9.17) is 4.74 Å². The average molecular weight is 355 g/mol. The summed E-state index contributed by atoms with van der Waals surface area (Å²) in [5.41, 5.74) is -0.488. The van der Waals surface area contributed by atoms with Crippen molar-refractivity contribution in [2.45, 2.75) is 72.6 Å². The number of rotatable bonds is 13. The fourth-order valence-corrected chi connectivity index (χ4v) is 2.27. The molecule has 144 valence electrons. The van der Waals surface area contributed by atoms with E-state index < -0.39 is 11.5 Å². The summed E-state index contributed by atoms with van der Waals surface area (Å²) in [6, 6.07) is 0. The molecule has 1 aromatic rings. The van der Waals surface area contributed by atoms with Crippen LogP contribution < -0.4 is 9.88 Å². The smallest absolute Gasteiger partial charge is 0.311 e. The molecule has 0 saturated heterocycles. The van der Waals surface area contributed by atoms with Crippen molar-refractivity contribution in [3.63, 3.8) is 0 Å². The second kappa shape index (κ2) is 11.3. The maximum atomic E-state index is 11.8. The van der Waals surface area contributed by atoms with Gasteiger partial charge in [-0.15, -0.1) is 0 Å². The lowest BCUT2D eigenvalue weighted by molar-refractivity contribution is -0.696. The molecular weight excluding hydrogens is 318 g/mol. The Labute approximate surface area is 152 Å². The molecule has 1 heterocycles. The van der Waals surface area contributed by atoms with E-state index in [9.17, 15) is 9.90 Å². The summed E-state index contributed by atoms with van der Waals surface area (Å²) in [4.78, 5) is 11.8. The quantitative estimate of drug-likeness (QED) is 0.322. The molecule has 25 heavy (non-hydrogen) atoms. The Balaban J connectivity index is 2.10. The molecule has 1 atom stereocenters. The highest BCUT2D eigenvalue weighted by Gasteiger charge is 2.27. The average Bonchev–Trinajstić information content (AvgIpc) is 3.05. The van der Waals surface area contributed by atoms with Crippen LogP contribution in [0.1, 0.15) is 53.4 Å². The molecule has 0 radical (unpaired) electrons. The fraction of sp³-hybridized carbons (Fsp3) is 0.789. The van der Waals surface area contributed by atoms with Crippen molar-refractivity contribution in [2.75, 3.05) is 19.7 Å². The molecule has 0 amide bonds. The minimum Gasteiger partial charge on any atom is -0.462 e. The highest BCUT2D eigenvalue weighted by Crippen LogP contribution is 2.21. The van der Waals surface area contributed by atoms with Gasteiger partial charge in [-0.25, -0.2) is 9.13 Å². The van der Waals surface area contributed by atoms with E-state index in [1.54, 1.807) is 0 Å². The molecule has 2 N–H and O–H groups in total. The summed E-state index contributed by atoms with van der Waals surface area (Å²) in [6.45, 7) is 11.2. The monoisotopic (exact) mass is 354 g/mol. The van der Waals surface area contributed by atoms with E-state index in [0.717, 1.165) is 32.5 Å². The van der Waals surface area contributed by atoms with Gasteiger partial charge in [0.25, 0.3) is 0 Å². The summed E-state index contributed by atoms with van der Waals surface area (Å²) in [5, 5.41) is 13.1. The van der Waals surface area contributed by atoms with E-state index in [-0.39, 0.29) is 12.6 Å². The number of ether oxygens (including phenoxy) is 1. The van der Waals surface area contributed by atoms with Crippen molar-refractivity contribution in [3.05, 3.63) is 18.7 Å². The molecule has 6 nitrogen and oxygen atoms in total. The third kappa shape index (κ3) is 8.50. The number of aryl methyl sites for hydroxylation is 2. The van der Waals surface area contributed by atoms with Crippen molar-refractivity contribution in [1.82, 2.24) is 9.88 Å². The van der Waals surface area contributed by atoms with Gasteiger partial charge < -0.3 is 15.2 Å². The van der Waals surface area contributed by atoms with E-state index in [1.165, 1.54) is 12.8 Å². The molecule has 0 aliphatic heterocycles. The molecule has 0 aliphatic carbocycles. The zero-order valence-electron chi connectivity index (χ0n) is 16.3. The first kappa shape index (κ1) is 21.6. The number of aromatic nitrogens is 2. The minimum atomic E-state index is -0.667. The molecule has 0 saturated carbocycles. The maximum Gasteiger partial charge on any atom is 0.311 e. The number of carbonyl (C=O) groups is 1. The van der Waals surface area contributed by atoms with Gasteiger partial charge in [0.2, 0.25) is 6.33 Å². The molecule has 1 rings (SSSR count). The number of nitrogens with zero attached hydrogens (tertiary/aromatic N) is 2. The van der Waals surface area contributed by atoms with Gasteiger partial charge in [0.15, 0.2) is 0 Å². The summed E-state index contributed by atoms with van der Waals surface area (Å²) in [5.74, 6) is -0.252. The van der Waals surface area contributed by atoms with E-state index in [1.807, 2.05) is 20.8 Å². The van der Waals surface area contributed by atoms with Crippen LogP contribution in [-0.2, 0) is 22.6 Å². The van der Waals surface area contributed by atoms with Crippen LogP contribution in [0.15, 0.2) is 18.7 Å². The van der Waals surface area contributed by atoms with Crippen molar-refractivity contribution >= 4 is 5.97 Å². The SMILES string of the molecule is CCCCn1cc[n+](CCCNCC(O)COC(=O)C(C)(C)CC)c1. The standard InChI is InChI=1S/C19H36N3O3/c1-5-7-10-21-12-13-22(16-21)11-8-9-20-14-17(23)15-25-18(24)19(3,4)6-2/h12-13,16-17,20,23H,5-11,14-15H2,1-4H3/q+1. The second-order valence-electron chi connectivity index (χ2n) is 7.29. The van der Waals surface area contributed by atoms with Crippen molar-refractivity contribution in [2.24, 2.45) is 5.41 Å². The Morgan fingerprint density at radius 2 is 2.12 bits per heavy atom. The van der Waals surface area contributed by atoms with Crippen LogP contribution in [0, 0.1) is 5.41 Å². The van der Waals surface area contributed by atoms with E-state index in [2.05, 4.69) is 40.1 Å². The summed E-state index contributed by atoms with van der Waals surface area (Å²) < 4.78 is 9.58. The number of unbranched alkanes of at least 4 members (excludes halogenated alkanes) is 1. The molecule has 0 spiro atoms. The van der Waals surface area contributed by atoms with Gasteiger partial charge in [-0.3, -0.25) is 4.79 Å². The minimum absolute atomic E-state index is 0.0459. The molecule has 0 aromatic carbocycles. The summed E-state index contributed by atoms with van der Waals surface area (Å²) in [7, 11) is 0. The number of esters is 1. The molecule has 0 aliphatic rings. The highest BCUT2D eigenvalue weighted by atomic mass is 16.5. The Hall–Kier alpha value is -1.40. The third-order valence-electron chi connectivity index (χ3n) is 4.51. The van der Waals surface area contributed by atoms with Gasteiger partial charge in [0.05, 0.1) is 18.5 Å². The summed E-state index contributed by atoms with van der Waals surface area (Å²) in [6.07, 6.45) is 9.79. The Morgan fingerprint density at radius 3 is 2.80 bits per heavy atom. The van der Waals surface area contributed by atoms with Crippen LogP contribution in [0.3, 0.4) is 0 Å². The van der Waals surface area contributed by atoms with Gasteiger partial charge in [-0.05, 0) is 39.7 Å². The van der Waals surface area contributed by atoms with Crippen LogP contribution >= 0.6 is 0 Å². The highest BCUT2D eigenvalue weighted by molar-refractivity contribution is 5.75. The third-order valence-corrected chi connectivity index (χ3v) is 4.51. The summed E-state index contributed by atoms with van der Waals surface area (Å²) >= 11 is 0. The van der Waals surface area contributed by atoms with Crippen LogP contribution in [0.4, 0.5) is 0 Å². The number of aliphatic hydroxyl groups is 1. The van der Waals surface area contributed by atoms with Gasteiger partial charge in [-0.2, -0.15) is 0 Å². The number of imidazole rings is 1. The molecular formula is C19H36N3O3+. The predicted octanol–water partition coefficient (Wildman–Crippen LogP) is 1.90. The molecule has 0 fully saturated rings. The Bertz CT molecular complexity index is 500. The fourth-order valence-electron chi connectivity index (χ4n) is 2.27. The second-order valence-corrected chi connectivity index (χ2v) is 7.29. The Morgan fingerprint density at radius 1 is 1.36 bits per heavy atom. The van der Waals surface area contributed by atoms with Crippen molar-refractivity contribution in [3.8, 4) is 0 Å². The Kier molecular flexibility index (Phi) is 9.75. The maximum absolute atomic E-state index is 11.8. The number of aliphatic hydroxyl groups excluding tert-OH is 1. The molecule has 1 aromatic heterocycles. The zero-order valence-corrected chi connectivity index (χ0v) is 16.3. The number of nitrogens with one attached hydrogen (secondary N) is 1. The lowest BCUT2D eigenvalue weighted by Gasteiger charge is -2.21. The first-order valence-electron chi connectivity index (χ1n) is 9.50.